The highest BCUT2D eigenvalue weighted by atomic mass is 127. The summed E-state index contributed by atoms with van der Waals surface area (Å²) in [6.45, 7) is 3.31. The zero-order chi connectivity index (χ0) is 12.1. The first-order chi connectivity index (χ1) is 8.25. The summed E-state index contributed by atoms with van der Waals surface area (Å²) in [5, 5.41) is 3.26. The topological polar surface area (TPSA) is 36.9 Å². The van der Waals surface area contributed by atoms with Gasteiger partial charge in [0.15, 0.2) is 5.96 Å². The highest BCUT2D eigenvalue weighted by Crippen LogP contribution is 2.12. The monoisotopic (exact) mass is 473 g/mol. The SMILES string of the molecule is CN1CCN=C1NCCOc1ccc(I)cc1.I. The zero-order valence-electron chi connectivity index (χ0n) is 10.2. The Hall–Kier alpha value is -0.250. The number of benzene rings is 1. The van der Waals surface area contributed by atoms with Crippen LogP contribution in [-0.2, 0) is 0 Å². The van der Waals surface area contributed by atoms with Crippen LogP contribution in [0.3, 0.4) is 0 Å². The van der Waals surface area contributed by atoms with Crippen molar-refractivity contribution in [2.24, 2.45) is 4.99 Å². The van der Waals surface area contributed by atoms with E-state index in [0.29, 0.717) is 6.61 Å². The van der Waals surface area contributed by atoms with Crippen LogP contribution in [0.4, 0.5) is 0 Å². The molecule has 4 nitrogen and oxygen atoms in total. The molecule has 1 aromatic rings. The summed E-state index contributed by atoms with van der Waals surface area (Å²) in [7, 11) is 2.04. The van der Waals surface area contributed by atoms with Crippen LogP contribution in [-0.4, -0.2) is 44.1 Å². The molecule has 6 heteroatoms. The van der Waals surface area contributed by atoms with Crippen LogP contribution < -0.4 is 10.1 Å². The van der Waals surface area contributed by atoms with Gasteiger partial charge in [-0.25, -0.2) is 0 Å². The second-order valence-electron chi connectivity index (χ2n) is 3.86. The van der Waals surface area contributed by atoms with Crippen molar-refractivity contribution >= 4 is 52.5 Å². The maximum atomic E-state index is 5.62. The molecule has 0 saturated carbocycles. The van der Waals surface area contributed by atoms with E-state index in [0.717, 1.165) is 31.3 Å². The van der Waals surface area contributed by atoms with Crippen LogP contribution >= 0.6 is 46.6 Å². The molecule has 0 fully saturated rings. The van der Waals surface area contributed by atoms with Gasteiger partial charge >= 0.3 is 0 Å². The molecule has 1 aromatic carbocycles. The van der Waals surface area contributed by atoms with Crippen LogP contribution in [0, 0.1) is 3.57 Å². The lowest BCUT2D eigenvalue weighted by atomic mass is 10.3. The van der Waals surface area contributed by atoms with Crippen molar-refractivity contribution in [2.45, 2.75) is 0 Å². The van der Waals surface area contributed by atoms with Crippen LogP contribution in [0.15, 0.2) is 29.3 Å². The number of hydrogen-bond acceptors (Lipinski definition) is 4. The molecular weight excluding hydrogens is 456 g/mol. The number of hydrogen-bond donors (Lipinski definition) is 1. The Morgan fingerprint density at radius 1 is 1.39 bits per heavy atom. The number of rotatable bonds is 4. The number of ether oxygens (including phenoxy) is 1. The molecule has 0 amide bonds. The van der Waals surface area contributed by atoms with E-state index in [-0.39, 0.29) is 24.0 Å². The van der Waals surface area contributed by atoms with E-state index in [4.69, 9.17) is 4.74 Å². The minimum atomic E-state index is 0. The zero-order valence-corrected chi connectivity index (χ0v) is 14.7. The van der Waals surface area contributed by atoms with Gasteiger partial charge in [-0.2, -0.15) is 0 Å². The van der Waals surface area contributed by atoms with Gasteiger partial charge in [0.1, 0.15) is 12.4 Å². The maximum absolute atomic E-state index is 5.62. The molecule has 18 heavy (non-hydrogen) atoms. The smallest absolute Gasteiger partial charge is 0.193 e. The van der Waals surface area contributed by atoms with Crippen molar-refractivity contribution in [2.75, 3.05) is 33.3 Å². The fraction of sp³-hybridized carbons (Fsp3) is 0.417. The van der Waals surface area contributed by atoms with Crippen LogP contribution in [0.25, 0.3) is 0 Å². The van der Waals surface area contributed by atoms with Crippen LogP contribution in [0.5, 0.6) is 5.75 Å². The predicted molar refractivity (Wildman–Crippen MR) is 93.0 cm³/mol. The summed E-state index contributed by atoms with van der Waals surface area (Å²) >= 11 is 2.28. The molecule has 0 bridgehead atoms. The fourth-order valence-electron chi connectivity index (χ4n) is 1.59. The molecule has 0 unspecified atom stereocenters. The van der Waals surface area contributed by atoms with Crippen LogP contribution in [0.1, 0.15) is 0 Å². The molecule has 0 aliphatic carbocycles. The van der Waals surface area contributed by atoms with Gasteiger partial charge in [-0.1, -0.05) is 0 Å². The summed E-state index contributed by atoms with van der Waals surface area (Å²) in [6.07, 6.45) is 0. The molecule has 0 atom stereocenters. The number of guanidine groups is 1. The van der Waals surface area contributed by atoms with Gasteiger partial charge < -0.3 is 15.0 Å². The standard InChI is InChI=1S/C12H16IN3O.HI/c1-16-8-6-14-12(16)15-7-9-17-11-4-2-10(13)3-5-11;/h2-5H,6-9H2,1H3,(H,14,15);1H. The van der Waals surface area contributed by atoms with E-state index < -0.39 is 0 Å². The first-order valence-corrected chi connectivity index (χ1v) is 6.71. The lowest BCUT2D eigenvalue weighted by Crippen LogP contribution is -2.37. The summed E-state index contributed by atoms with van der Waals surface area (Å²) < 4.78 is 6.83. The Kier molecular flexibility index (Phi) is 7.05. The van der Waals surface area contributed by atoms with Gasteiger partial charge in [0.05, 0.1) is 13.1 Å². The quantitative estimate of drug-likeness (QED) is 0.539. The van der Waals surface area contributed by atoms with E-state index in [9.17, 15) is 0 Å². The summed E-state index contributed by atoms with van der Waals surface area (Å²) in [5.41, 5.74) is 0. The molecular formula is C12H17I2N3O. The van der Waals surface area contributed by atoms with Crippen molar-refractivity contribution in [1.82, 2.24) is 10.2 Å². The van der Waals surface area contributed by atoms with Gasteiger partial charge in [-0.3, -0.25) is 4.99 Å². The molecule has 1 N–H and O–H groups in total. The van der Waals surface area contributed by atoms with E-state index in [1.54, 1.807) is 0 Å². The average molecular weight is 473 g/mol. The minimum Gasteiger partial charge on any atom is -0.492 e. The van der Waals surface area contributed by atoms with E-state index in [2.05, 4.69) is 37.8 Å². The Morgan fingerprint density at radius 2 is 2.11 bits per heavy atom. The Bertz CT molecular complexity index is 395. The summed E-state index contributed by atoms with van der Waals surface area (Å²) in [4.78, 5) is 6.46. The first-order valence-electron chi connectivity index (χ1n) is 5.63. The summed E-state index contributed by atoms with van der Waals surface area (Å²) in [5.74, 6) is 1.88. The number of halogens is 2. The first kappa shape index (κ1) is 15.8. The van der Waals surface area contributed by atoms with Crippen molar-refractivity contribution in [3.05, 3.63) is 27.8 Å². The van der Waals surface area contributed by atoms with Gasteiger partial charge in [0.25, 0.3) is 0 Å². The third kappa shape index (κ3) is 4.79. The molecule has 1 heterocycles. The lowest BCUT2D eigenvalue weighted by Gasteiger charge is -2.15. The number of nitrogens with one attached hydrogen (secondary N) is 1. The van der Waals surface area contributed by atoms with E-state index in [1.165, 1.54) is 3.57 Å². The highest BCUT2D eigenvalue weighted by molar-refractivity contribution is 14.1. The van der Waals surface area contributed by atoms with Gasteiger partial charge in [0, 0.05) is 17.2 Å². The maximum Gasteiger partial charge on any atom is 0.193 e. The Morgan fingerprint density at radius 3 is 2.72 bits per heavy atom. The average Bonchev–Trinajstić information content (AvgIpc) is 2.73. The second-order valence-corrected chi connectivity index (χ2v) is 5.10. The van der Waals surface area contributed by atoms with Gasteiger partial charge in [0.2, 0.25) is 0 Å². The normalized spacial score (nSPS) is 13.9. The lowest BCUT2D eigenvalue weighted by molar-refractivity contribution is 0.320. The highest BCUT2D eigenvalue weighted by Gasteiger charge is 2.10. The van der Waals surface area contributed by atoms with Crippen molar-refractivity contribution in [3.8, 4) is 5.75 Å². The molecule has 2 rings (SSSR count). The van der Waals surface area contributed by atoms with Gasteiger partial charge in [-0.15, -0.1) is 24.0 Å². The van der Waals surface area contributed by atoms with Gasteiger partial charge in [-0.05, 0) is 46.9 Å². The second kappa shape index (κ2) is 8.03. The predicted octanol–water partition coefficient (Wildman–Crippen LogP) is 2.18. The van der Waals surface area contributed by atoms with Crippen molar-refractivity contribution in [1.29, 1.82) is 0 Å². The minimum absolute atomic E-state index is 0. The van der Waals surface area contributed by atoms with Crippen molar-refractivity contribution in [3.63, 3.8) is 0 Å². The molecule has 100 valence electrons. The van der Waals surface area contributed by atoms with Crippen molar-refractivity contribution < 1.29 is 4.74 Å². The molecule has 1 aliphatic rings. The third-order valence-electron chi connectivity index (χ3n) is 2.53. The molecule has 0 radical (unpaired) electrons. The van der Waals surface area contributed by atoms with E-state index >= 15 is 0 Å². The molecule has 0 aromatic heterocycles. The summed E-state index contributed by atoms with van der Waals surface area (Å²) in [6, 6.07) is 8.05. The Balaban J connectivity index is 0.00000162. The molecule has 0 saturated heterocycles. The van der Waals surface area contributed by atoms with Crippen LogP contribution in [0.2, 0.25) is 0 Å². The number of nitrogens with zero attached hydrogens (tertiary/aromatic N) is 2. The number of likely N-dealkylation sites (N-methyl/N-ethyl adjacent to an activating group) is 1. The third-order valence-corrected chi connectivity index (χ3v) is 3.25. The number of aliphatic imine (C=N–C) groups is 1. The fourth-order valence-corrected chi connectivity index (χ4v) is 1.95. The molecule has 1 aliphatic heterocycles. The van der Waals surface area contributed by atoms with E-state index in [1.807, 2.05) is 31.3 Å². The Labute approximate surface area is 138 Å². The largest absolute Gasteiger partial charge is 0.492 e. The molecule has 0 spiro atoms.